The van der Waals surface area contributed by atoms with Crippen LogP contribution < -0.4 is 10.3 Å². The van der Waals surface area contributed by atoms with Gasteiger partial charge in [-0.2, -0.15) is 13.2 Å². The minimum absolute atomic E-state index is 0.128. The first-order valence-corrected chi connectivity index (χ1v) is 13.2. The summed E-state index contributed by atoms with van der Waals surface area (Å²) in [7, 11) is 1.26. The van der Waals surface area contributed by atoms with Crippen LogP contribution in [0.25, 0.3) is 11.1 Å². The molecule has 4 aromatic rings. The third kappa shape index (κ3) is 4.70. The highest BCUT2D eigenvalue weighted by molar-refractivity contribution is 7.99. The molecule has 1 aliphatic rings. The normalized spacial score (nSPS) is 14.7. The number of nitrogens with zero attached hydrogens (tertiary/aromatic N) is 1. The number of carbonyl (C=O) groups is 1. The lowest BCUT2D eigenvalue weighted by molar-refractivity contribution is -0.138. The van der Waals surface area contributed by atoms with Crippen molar-refractivity contribution >= 4 is 17.5 Å². The van der Waals surface area contributed by atoms with Gasteiger partial charge < -0.3 is 4.74 Å². The number of hydrogen-bond donors (Lipinski definition) is 0. The highest BCUT2D eigenvalue weighted by Gasteiger charge is 2.38. The molecule has 3 aromatic carbocycles. The fourth-order valence-corrected chi connectivity index (χ4v) is 6.42. The van der Waals surface area contributed by atoms with E-state index in [2.05, 4.69) is 0 Å². The SMILES string of the molecule is COc1cccc(-c2c(C)c(Cc3c(F)cccc3C(F)(F)F)c3n(c2=O)C(C(=O)c2ccccc2)CS3)c1F. The first-order chi connectivity index (χ1) is 19.0. The maximum Gasteiger partial charge on any atom is 0.416 e. The van der Waals surface area contributed by atoms with Gasteiger partial charge in [-0.05, 0) is 36.2 Å². The molecule has 1 atom stereocenters. The lowest BCUT2D eigenvalue weighted by Gasteiger charge is -2.21. The zero-order valence-electron chi connectivity index (χ0n) is 21.3. The van der Waals surface area contributed by atoms with Crippen LogP contribution in [0.15, 0.2) is 76.6 Å². The van der Waals surface area contributed by atoms with E-state index in [9.17, 15) is 27.2 Å². The average Bonchev–Trinajstić information content (AvgIpc) is 3.37. The molecule has 0 spiro atoms. The Labute approximate surface area is 230 Å². The van der Waals surface area contributed by atoms with Crippen LogP contribution in [0.3, 0.4) is 0 Å². The molecule has 1 aromatic heterocycles. The average molecular weight is 572 g/mol. The molecular weight excluding hydrogens is 549 g/mol. The van der Waals surface area contributed by atoms with Crippen molar-refractivity contribution in [2.24, 2.45) is 0 Å². The molecule has 0 amide bonds. The minimum Gasteiger partial charge on any atom is -0.494 e. The lowest BCUT2D eigenvalue weighted by Crippen LogP contribution is -2.31. The molecule has 0 aliphatic carbocycles. The number of fused-ring (bicyclic) bond motifs is 1. The fraction of sp³-hybridized carbons (Fsp3) is 0.200. The Morgan fingerprint density at radius 1 is 1.00 bits per heavy atom. The monoisotopic (exact) mass is 571 g/mol. The number of thioether (sulfide) groups is 1. The second kappa shape index (κ2) is 10.6. The number of carbonyl (C=O) groups excluding carboxylic acids is 1. The van der Waals surface area contributed by atoms with Crippen molar-refractivity contribution in [3.8, 4) is 16.9 Å². The Morgan fingerprint density at radius 2 is 1.70 bits per heavy atom. The van der Waals surface area contributed by atoms with Crippen LogP contribution in [0.5, 0.6) is 5.75 Å². The summed E-state index contributed by atoms with van der Waals surface area (Å²) < 4.78 is 78.3. The van der Waals surface area contributed by atoms with Gasteiger partial charge in [-0.15, -0.1) is 11.8 Å². The van der Waals surface area contributed by atoms with E-state index in [1.807, 2.05) is 0 Å². The molecule has 0 saturated carbocycles. The topological polar surface area (TPSA) is 48.3 Å². The Kier molecular flexibility index (Phi) is 7.31. The molecule has 0 radical (unpaired) electrons. The van der Waals surface area contributed by atoms with E-state index >= 15 is 4.39 Å². The standard InChI is InChI=1S/C30H22F5NO3S/c1-16-19(14-20-21(30(33,34)35)11-7-12-22(20)31)29-36(23(15-40-29)27(37)17-8-4-3-5-9-17)28(38)25(16)18-10-6-13-24(39-2)26(18)32/h3-13,23H,14-15H2,1-2H3. The lowest BCUT2D eigenvalue weighted by atomic mass is 9.92. The quantitative estimate of drug-likeness (QED) is 0.181. The van der Waals surface area contributed by atoms with Crippen LogP contribution in [0.2, 0.25) is 0 Å². The van der Waals surface area contributed by atoms with E-state index < -0.39 is 47.0 Å². The maximum absolute atomic E-state index is 15.5. The third-order valence-corrected chi connectivity index (χ3v) is 8.22. The first-order valence-electron chi connectivity index (χ1n) is 12.2. The van der Waals surface area contributed by atoms with Crippen molar-refractivity contribution in [1.82, 2.24) is 4.57 Å². The summed E-state index contributed by atoms with van der Waals surface area (Å²) in [5.41, 5.74) is -1.94. The predicted molar refractivity (Wildman–Crippen MR) is 142 cm³/mol. The van der Waals surface area contributed by atoms with Crippen molar-refractivity contribution in [3.63, 3.8) is 0 Å². The van der Waals surface area contributed by atoms with E-state index in [-0.39, 0.29) is 44.6 Å². The largest absolute Gasteiger partial charge is 0.494 e. The molecule has 206 valence electrons. The van der Waals surface area contributed by atoms with Crippen LogP contribution in [-0.4, -0.2) is 23.2 Å². The molecule has 1 unspecified atom stereocenters. The van der Waals surface area contributed by atoms with Gasteiger partial charge in [-0.1, -0.05) is 48.5 Å². The molecule has 1 aliphatic heterocycles. The highest BCUT2D eigenvalue weighted by atomic mass is 32.2. The summed E-state index contributed by atoms with van der Waals surface area (Å²) in [4.78, 5) is 27.5. The van der Waals surface area contributed by atoms with Gasteiger partial charge >= 0.3 is 6.18 Å². The Balaban J connectivity index is 1.80. The van der Waals surface area contributed by atoms with Crippen LogP contribution in [0.4, 0.5) is 22.0 Å². The van der Waals surface area contributed by atoms with Crippen LogP contribution in [0, 0.1) is 18.6 Å². The Bertz CT molecular complexity index is 1680. The summed E-state index contributed by atoms with van der Waals surface area (Å²) in [6.45, 7) is 1.49. The van der Waals surface area contributed by atoms with Crippen molar-refractivity contribution < 1.29 is 31.5 Å². The summed E-state index contributed by atoms with van der Waals surface area (Å²) in [5, 5.41) is 0.250. The number of ketones is 1. The molecule has 0 N–H and O–H groups in total. The second-order valence-corrected chi connectivity index (χ2v) is 10.3. The van der Waals surface area contributed by atoms with Crippen molar-refractivity contribution in [3.05, 3.63) is 117 Å². The number of pyridine rings is 1. The number of rotatable bonds is 6. The van der Waals surface area contributed by atoms with Gasteiger partial charge in [0.1, 0.15) is 11.9 Å². The zero-order chi connectivity index (χ0) is 28.8. The van der Waals surface area contributed by atoms with E-state index in [4.69, 9.17) is 4.74 Å². The van der Waals surface area contributed by atoms with E-state index in [0.29, 0.717) is 5.56 Å². The molecule has 0 fully saturated rings. The van der Waals surface area contributed by atoms with Crippen LogP contribution >= 0.6 is 11.8 Å². The zero-order valence-corrected chi connectivity index (χ0v) is 22.1. The van der Waals surface area contributed by atoms with Crippen LogP contribution in [0.1, 0.15) is 38.7 Å². The van der Waals surface area contributed by atoms with Gasteiger partial charge in [-0.3, -0.25) is 14.2 Å². The Morgan fingerprint density at radius 3 is 2.38 bits per heavy atom. The van der Waals surface area contributed by atoms with Crippen molar-refractivity contribution in [1.29, 1.82) is 0 Å². The number of ether oxygens (including phenoxy) is 1. The van der Waals surface area contributed by atoms with Gasteiger partial charge in [0, 0.05) is 28.9 Å². The molecule has 40 heavy (non-hydrogen) atoms. The molecule has 0 bridgehead atoms. The number of alkyl halides is 3. The molecule has 0 saturated heterocycles. The van der Waals surface area contributed by atoms with Crippen molar-refractivity contribution in [2.75, 3.05) is 12.9 Å². The molecule has 5 rings (SSSR count). The van der Waals surface area contributed by atoms with Crippen molar-refractivity contribution in [2.45, 2.75) is 30.6 Å². The minimum atomic E-state index is -4.83. The summed E-state index contributed by atoms with van der Waals surface area (Å²) >= 11 is 1.13. The van der Waals surface area contributed by atoms with E-state index in [1.165, 1.54) is 36.8 Å². The van der Waals surface area contributed by atoms with E-state index in [0.717, 1.165) is 30.0 Å². The number of aromatic nitrogens is 1. The van der Waals surface area contributed by atoms with E-state index in [1.54, 1.807) is 30.3 Å². The smallest absolute Gasteiger partial charge is 0.416 e. The van der Waals surface area contributed by atoms with Crippen LogP contribution in [-0.2, 0) is 12.6 Å². The predicted octanol–water partition coefficient (Wildman–Crippen LogP) is 7.25. The fourth-order valence-electron chi connectivity index (χ4n) is 5.06. The van der Waals surface area contributed by atoms with Gasteiger partial charge in [-0.25, -0.2) is 8.78 Å². The molecule has 2 heterocycles. The highest BCUT2D eigenvalue weighted by Crippen LogP contribution is 2.43. The molecular formula is C30H22F5NO3S. The molecule has 10 heteroatoms. The number of methoxy groups -OCH3 is 1. The number of hydrogen-bond acceptors (Lipinski definition) is 4. The van der Waals surface area contributed by atoms with Gasteiger partial charge in [0.2, 0.25) is 0 Å². The van der Waals surface area contributed by atoms with Gasteiger partial charge in [0.25, 0.3) is 5.56 Å². The Hall–Kier alpha value is -3.92. The van der Waals surface area contributed by atoms with Gasteiger partial charge in [0.05, 0.1) is 23.3 Å². The first kappa shape index (κ1) is 27.6. The summed E-state index contributed by atoms with van der Waals surface area (Å²) in [5.74, 6) is -2.28. The second-order valence-electron chi connectivity index (χ2n) is 9.28. The number of benzene rings is 3. The maximum atomic E-state index is 15.5. The number of Topliss-reactive ketones (excluding diaryl/α,β-unsaturated/α-hetero) is 1. The summed E-state index contributed by atoms with van der Waals surface area (Å²) in [6, 6.07) is 14.2. The third-order valence-electron chi connectivity index (χ3n) is 7.02. The summed E-state index contributed by atoms with van der Waals surface area (Å²) in [6.07, 6.45) is -5.36. The van der Waals surface area contributed by atoms with Gasteiger partial charge in [0.15, 0.2) is 17.3 Å². The molecule has 4 nitrogen and oxygen atoms in total. The number of halogens is 5.